The molecule has 1 aromatic rings. The molecule has 1 heterocycles. The van der Waals surface area contributed by atoms with Crippen molar-refractivity contribution in [3.63, 3.8) is 0 Å². The molecule has 0 unspecified atom stereocenters. The van der Waals surface area contributed by atoms with Gasteiger partial charge < -0.3 is 14.8 Å². The number of ether oxygens (including phenoxy) is 1. The number of morpholine rings is 1. The largest absolute Gasteiger partial charge is 0.488 e. The van der Waals surface area contributed by atoms with Gasteiger partial charge in [0.1, 0.15) is 5.82 Å². The maximum Gasteiger partial charge on any atom is 0.488 e. The third-order valence-electron chi connectivity index (χ3n) is 3.45. The summed E-state index contributed by atoms with van der Waals surface area (Å²) in [5, 5.41) is 18.4. The molecule has 0 amide bonds. The van der Waals surface area contributed by atoms with Crippen LogP contribution in [0.15, 0.2) is 18.2 Å². The second-order valence-electron chi connectivity index (χ2n) is 7.03. The Labute approximate surface area is 125 Å². The topological polar surface area (TPSA) is 52.9 Å². The van der Waals surface area contributed by atoms with E-state index in [9.17, 15) is 14.4 Å². The summed E-state index contributed by atoms with van der Waals surface area (Å²) in [6, 6.07) is 4.20. The van der Waals surface area contributed by atoms with Crippen molar-refractivity contribution in [1.82, 2.24) is 4.90 Å². The predicted molar refractivity (Wildman–Crippen MR) is 80.7 cm³/mol. The van der Waals surface area contributed by atoms with Gasteiger partial charge in [-0.15, -0.1) is 0 Å². The molecule has 2 rings (SSSR count). The van der Waals surface area contributed by atoms with Crippen LogP contribution in [0.5, 0.6) is 0 Å². The van der Waals surface area contributed by atoms with Crippen molar-refractivity contribution < 1.29 is 19.2 Å². The van der Waals surface area contributed by atoms with Crippen LogP contribution in [0.4, 0.5) is 4.39 Å². The Kier molecular flexibility index (Phi) is 4.45. The van der Waals surface area contributed by atoms with Crippen LogP contribution in [0.1, 0.15) is 33.3 Å². The third kappa shape index (κ3) is 4.51. The Bertz CT molecular complexity index is 504. The average molecular weight is 295 g/mol. The first-order valence-electron chi connectivity index (χ1n) is 7.14. The molecule has 0 atom stereocenters. The van der Waals surface area contributed by atoms with Crippen LogP contribution in [-0.2, 0) is 11.3 Å². The van der Waals surface area contributed by atoms with Gasteiger partial charge in [0.2, 0.25) is 0 Å². The van der Waals surface area contributed by atoms with Gasteiger partial charge in [0.25, 0.3) is 0 Å². The summed E-state index contributed by atoms with van der Waals surface area (Å²) in [6.45, 7) is 10.2. The minimum absolute atomic E-state index is 0.178. The minimum Gasteiger partial charge on any atom is -0.423 e. The van der Waals surface area contributed by atoms with Gasteiger partial charge in [-0.2, -0.15) is 0 Å². The predicted octanol–water partition coefficient (Wildman–Crippen LogP) is 0.895. The lowest BCUT2D eigenvalue weighted by Gasteiger charge is -2.47. The van der Waals surface area contributed by atoms with Crippen molar-refractivity contribution in [3.05, 3.63) is 29.6 Å². The Morgan fingerprint density at radius 3 is 2.24 bits per heavy atom. The number of halogens is 1. The highest BCUT2D eigenvalue weighted by molar-refractivity contribution is 6.58. The third-order valence-corrected chi connectivity index (χ3v) is 3.45. The van der Waals surface area contributed by atoms with Crippen molar-refractivity contribution >= 4 is 12.6 Å². The molecule has 1 aliphatic heterocycles. The van der Waals surface area contributed by atoms with Crippen molar-refractivity contribution in [1.29, 1.82) is 0 Å². The molecule has 1 aliphatic rings. The van der Waals surface area contributed by atoms with Crippen molar-refractivity contribution in [2.75, 3.05) is 13.1 Å². The zero-order valence-corrected chi connectivity index (χ0v) is 13.1. The summed E-state index contributed by atoms with van der Waals surface area (Å²) in [6.07, 6.45) is 0. The molecule has 0 radical (unpaired) electrons. The first-order chi connectivity index (χ1) is 9.56. The fourth-order valence-corrected chi connectivity index (χ4v) is 3.23. The molecule has 0 spiro atoms. The van der Waals surface area contributed by atoms with Crippen molar-refractivity contribution in [3.8, 4) is 0 Å². The molecular formula is C15H23BFNO3. The molecule has 0 aliphatic carbocycles. The van der Waals surface area contributed by atoms with Gasteiger partial charge in [0, 0.05) is 19.6 Å². The van der Waals surface area contributed by atoms with E-state index in [4.69, 9.17) is 4.74 Å². The molecule has 2 N–H and O–H groups in total. The van der Waals surface area contributed by atoms with Gasteiger partial charge in [0.15, 0.2) is 0 Å². The van der Waals surface area contributed by atoms with Crippen LogP contribution >= 0.6 is 0 Å². The average Bonchev–Trinajstić information content (AvgIpc) is 2.22. The summed E-state index contributed by atoms with van der Waals surface area (Å²) in [4.78, 5) is 2.20. The van der Waals surface area contributed by atoms with E-state index in [1.54, 1.807) is 6.07 Å². The molecule has 116 valence electrons. The molecule has 1 aromatic carbocycles. The van der Waals surface area contributed by atoms with E-state index in [-0.39, 0.29) is 16.7 Å². The number of hydrogen-bond acceptors (Lipinski definition) is 4. The van der Waals surface area contributed by atoms with E-state index in [1.807, 2.05) is 27.7 Å². The Morgan fingerprint density at radius 1 is 1.14 bits per heavy atom. The fourth-order valence-electron chi connectivity index (χ4n) is 3.23. The normalized spacial score (nSPS) is 21.3. The molecule has 21 heavy (non-hydrogen) atoms. The second kappa shape index (κ2) is 5.68. The maximum absolute atomic E-state index is 13.6. The number of rotatable bonds is 3. The fraction of sp³-hybridized carbons (Fsp3) is 0.600. The highest BCUT2D eigenvalue weighted by atomic mass is 19.1. The van der Waals surface area contributed by atoms with Gasteiger partial charge in [-0.25, -0.2) is 4.39 Å². The van der Waals surface area contributed by atoms with Crippen molar-refractivity contribution in [2.45, 2.75) is 45.4 Å². The lowest BCUT2D eigenvalue weighted by atomic mass is 9.79. The molecule has 4 nitrogen and oxygen atoms in total. The zero-order chi connectivity index (χ0) is 15.8. The highest BCUT2D eigenvalue weighted by Crippen LogP contribution is 2.28. The molecule has 1 saturated heterocycles. The van der Waals surface area contributed by atoms with Crippen LogP contribution in [0.3, 0.4) is 0 Å². The monoisotopic (exact) mass is 295 g/mol. The molecule has 0 saturated carbocycles. The number of nitrogens with zero attached hydrogens (tertiary/aromatic N) is 1. The van der Waals surface area contributed by atoms with Crippen LogP contribution in [-0.4, -0.2) is 46.4 Å². The molecular weight excluding hydrogens is 272 g/mol. The van der Waals surface area contributed by atoms with Gasteiger partial charge in [-0.3, -0.25) is 4.90 Å². The van der Waals surface area contributed by atoms with Crippen LogP contribution in [0, 0.1) is 5.82 Å². The van der Waals surface area contributed by atoms with Gasteiger partial charge in [0.05, 0.1) is 11.2 Å². The Balaban J connectivity index is 2.18. The lowest BCUT2D eigenvalue weighted by Crippen LogP contribution is -2.56. The Hall–Kier alpha value is -0.945. The summed E-state index contributed by atoms with van der Waals surface area (Å²) in [5.74, 6) is -0.456. The SMILES string of the molecule is CC1(C)CN(Cc2cc(F)cc(B(O)O)c2)CC(C)(C)O1. The van der Waals surface area contributed by atoms with Gasteiger partial charge >= 0.3 is 7.12 Å². The first-order valence-corrected chi connectivity index (χ1v) is 7.14. The molecule has 0 aromatic heterocycles. The van der Waals surface area contributed by atoms with E-state index >= 15 is 0 Å². The maximum atomic E-state index is 13.6. The molecule has 6 heteroatoms. The zero-order valence-electron chi connectivity index (χ0n) is 13.1. The van der Waals surface area contributed by atoms with Crippen LogP contribution in [0.25, 0.3) is 0 Å². The van der Waals surface area contributed by atoms with Gasteiger partial charge in [-0.1, -0.05) is 6.07 Å². The summed E-state index contributed by atoms with van der Waals surface area (Å²) < 4.78 is 19.6. The number of hydrogen-bond donors (Lipinski definition) is 2. The lowest BCUT2D eigenvalue weighted by molar-refractivity contribution is -0.182. The first kappa shape index (κ1) is 16.4. The van der Waals surface area contributed by atoms with E-state index in [2.05, 4.69) is 4.90 Å². The second-order valence-corrected chi connectivity index (χ2v) is 7.03. The summed E-state index contributed by atoms with van der Waals surface area (Å²) >= 11 is 0. The summed E-state index contributed by atoms with van der Waals surface area (Å²) in [5.41, 5.74) is 0.367. The van der Waals surface area contributed by atoms with Crippen LogP contribution < -0.4 is 5.46 Å². The quantitative estimate of drug-likeness (QED) is 0.813. The highest BCUT2D eigenvalue weighted by Gasteiger charge is 2.37. The van der Waals surface area contributed by atoms with E-state index < -0.39 is 12.9 Å². The molecule has 0 bridgehead atoms. The standard InChI is InChI=1S/C15H23BFNO3/c1-14(2)9-18(10-15(3,4)21-14)8-11-5-12(16(19)20)7-13(17)6-11/h5-7,19-20H,8-10H2,1-4H3. The Morgan fingerprint density at radius 2 is 1.71 bits per heavy atom. The van der Waals surface area contributed by atoms with Crippen molar-refractivity contribution in [2.24, 2.45) is 0 Å². The van der Waals surface area contributed by atoms with E-state index in [0.29, 0.717) is 6.54 Å². The molecule has 1 fully saturated rings. The smallest absolute Gasteiger partial charge is 0.423 e. The van der Waals surface area contributed by atoms with E-state index in [0.717, 1.165) is 24.7 Å². The van der Waals surface area contributed by atoms with Crippen LogP contribution in [0.2, 0.25) is 0 Å². The van der Waals surface area contributed by atoms with Gasteiger partial charge in [-0.05, 0) is 50.9 Å². The number of benzene rings is 1. The minimum atomic E-state index is -1.66. The van der Waals surface area contributed by atoms with E-state index in [1.165, 1.54) is 6.07 Å². The summed E-state index contributed by atoms with van der Waals surface area (Å²) in [7, 11) is -1.66.